The summed E-state index contributed by atoms with van der Waals surface area (Å²) in [7, 11) is 1.73. The van der Waals surface area contributed by atoms with Crippen LogP contribution in [0, 0.1) is 6.92 Å². The van der Waals surface area contributed by atoms with Gasteiger partial charge in [-0.2, -0.15) is 5.10 Å². The van der Waals surface area contributed by atoms with Crippen molar-refractivity contribution < 1.29 is 9.32 Å². The quantitative estimate of drug-likeness (QED) is 0.803. The molecule has 0 aliphatic rings. The number of aryl methyl sites for hydroxylation is 1. The molecule has 0 unspecified atom stereocenters. The van der Waals surface area contributed by atoms with Crippen molar-refractivity contribution in [2.24, 2.45) is 0 Å². The van der Waals surface area contributed by atoms with E-state index >= 15 is 0 Å². The van der Waals surface area contributed by atoms with E-state index in [9.17, 15) is 4.79 Å². The van der Waals surface area contributed by atoms with Crippen molar-refractivity contribution in [3.05, 3.63) is 59.6 Å². The number of nitrogens with zero attached hydrogens (tertiary/aromatic N) is 3. The Morgan fingerprint density at radius 1 is 1.32 bits per heavy atom. The molecule has 3 aromatic rings. The smallest absolute Gasteiger partial charge is 0.257 e. The predicted octanol–water partition coefficient (Wildman–Crippen LogP) is 2.65. The summed E-state index contributed by atoms with van der Waals surface area (Å²) in [5.41, 5.74) is 2.90. The normalized spacial score (nSPS) is 10.6. The molecule has 6 heteroatoms. The number of rotatable bonds is 4. The number of nitrogens with one attached hydrogen (secondary N) is 1. The molecule has 2 aromatic heterocycles. The zero-order valence-corrected chi connectivity index (χ0v) is 12.4. The molecule has 1 N–H and O–H groups in total. The number of carbonyl (C=O) groups is 1. The highest BCUT2D eigenvalue weighted by Crippen LogP contribution is 2.22. The summed E-state index contributed by atoms with van der Waals surface area (Å²) in [6, 6.07) is 11.5. The Morgan fingerprint density at radius 2 is 2.09 bits per heavy atom. The largest absolute Gasteiger partial charge is 0.361 e. The van der Waals surface area contributed by atoms with Crippen molar-refractivity contribution in [1.29, 1.82) is 0 Å². The lowest BCUT2D eigenvalue weighted by Crippen LogP contribution is -2.26. The Labute approximate surface area is 127 Å². The second-order valence-electron chi connectivity index (χ2n) is 5.11. The van der Waals surface area contributed by atoms with E-state index in [-0.39, 0.29) is 5.91 Å². The minimum absolute atomic E-state index is 0.117. The van der Waals surface area contributed by atoms with Crippen molar-refractivity contribution in [1.82, 2.24) is 20.3 Å². The summed E-state index contributed by atoms with van der Waals surface area (Å²) >= 11 is 0. The molecule has 2 heterocycles. The van der Waals surface area contributed by atoms with Gasteiger partial charge in [0.15, 0.2) is 0 Å². The van der Waals surface area contributed by atoms with Gasteiger partial charge in [0.05, 0.1) is 24.0 Å². The maximum Gasteiger partial charge on any atom is 0.257 e. The molecule has 6 nitrogen and oxygen atoms in total. The van der Waals surface area contributed by atoms with Crippen molar-refractivity contribution in [2.75, 3.05) is 7.05 Å². The fourth-order valence-corrected chi connectivity index (χ4v) is 2.29. The van der Waals surface area contributed by atoms with Crippen LogP contribution in [0.15, 0.2) is 47.1 Å². The number of benzene rings is 1. The van der Waals surface area contributed by atoms with Gasteiger partial charge in [-0.05, 0) is 6.92 Å². The molecule has 0 fully saturated rings. The summed E-state index contributed by atoms with van der Waals surface area (Å²) in [4.78, 5) is 14.2. The van der Waals surface area contributed by atoms with E-state index in [1.165, 1.54) is 0 Å². The van der Waals surface area contributed by atoms with Crippen molar-refractivity contribution in [3.63, 3.8) is 0 Å². The topological polar surface area (TPSA) is 75.0 Å². The summed E-state index contributed by atoms with van der Waals surface area (Å²) < 4.78 is 5.02. The molecule has 1 amide bonds. The first-order chi connectivity index (χ1) is 10.6. The first-order valence-corrected chi connectivity index (χ1v) is 6.91. The van der Waals surface area contributed by atoms with Crippen LogP contribution in [0.3, 0.4) is 0 Å². The molecule has 22 heavy (non-hydrogen) atoms. The van der Waals surface area contributed by atoms with Gasteiger partial charge in [0.1, 0.15) is 11.5 Å². The molecule has 112 valence electrons. The summed E-state index contributed by atoms with van der Waals surface area (Å²) in [6.07, 6.45) is 1.55. The Balaban J connectivity index is 1.82. The lowest BCUT2D eigenvalue weighted by molar-refractivity contribution is 0.0783. The van der Waals surface area contributed by atoms with Crippen LogP contribution < -0.4 is 0 Å². The van der Waals surface area contributed by atoms with Crippen molar-refractivity contribution >= 4 is 5.91 Å². The zero-order chi connectivity index (χ0) is 15.5. The minimum Gasteiger partial charge on any atom is -0.361 e. The van der Waals surface area contributed by atoms with Crippen LogP contribution in [0.5, 0.6) is 0 Å². The molecule has 0 aliphatic carbocycles. The third kappa shape index (κ3) is 2.76. The highest BCUT2D eigenvalue weighted by atomic mass is 16.5. The first-order valence-electron chi connectivity index (χ1n) is 6.91. The van der Waals surface area contributed by atoms with Gasteiger partial charge in [-0.1, -0.05) is 35.5 Å². The highest BCUT2D eigenvalue weighted by Gasteiger charge is 2.19. The molecule has 1 aromatic carbocycles. The number of carbonyl (C=O) groups excluding carboxylic acids is 1. The number of hydrogen-bond donors (Lipinski definition) is 1. The number of H-pyrrole nitrogens is 1. The minimum atomic E-state index is -0.117. The number of aromatic nitrogens is 3. The Kier molecular flexibility index (Phi) is 3.74. The van der Waals surface area contributed by atoms with Gasteiger partial charge in [0.2, 0.25) is 0 Å². The van der Waals surface area contributed by atoms with E-state index in [2.05, 4.69) is 15.4 Å². The summed E-state index contributed by atoms with van der Waals surface area (Å²) in [6.45, 7) is 2.21. The molecule has 3 rings (SSSR count). The number of amides is 1. The highest BCUT2D eigenvalue weighted by molar-refractivity contribution is 5.99. The van der Waals surface area contributed by atoms with Gasteiger partial charge in [0.25, 0.3) is 5.91 Å². The third-order valence-corrected chi connectivity index (χ3v) is 3.35. The van der Waals surface area contributed by atoms with E-state index in [0.717, 1.165) is 17.0 Å². The summed E-state index contributed by atoms with van der Waals surface area (Å²) in [5, 5.41) is 10.8. The van der Waals surface area contributed by atoms with Gasteiger partial charge in [-0.3, -0.25) is 9.89 Å². The zero-order valence-electron chi connectivity index (χ0n) is 12.4. The fraction of sp³-hybridized carbons (Fsp3) is 0.188. The van der Waals surface area contributed by atoms with Crippen LogP contribution in [-0.2, 0) is 6.54 Å². The number of aromatic amines is 1. The van der Waals surface area contributed by atoms with Crippen LogP contribution in [-0.4, -0.2) is 33.2 Å². The second kappa shape index (κ2) is 5.85. The molecule has 0 radical (unpaired) electrons. The van der Waals surface area contributed by atoms with Crippen LogP contribution >= 0.6 is 0 Å². The maximum absolute atomic E-state index is 12.6. The molecule has 0 saturated heterocycles. The third-order valence-electron chi connectivity index (χ3n) is 3.35. The molecule has 0 spiro atoms. The van der Waals surface area contributed by atoms with E-state index < -0.39 is 0 Å². The standard InChI is InChI=1S/C16H16N4O2/c1-11-8-13(19-22-11)10-20(2)16(21)14-9-17-18-15(14)12-6-4-3-5-7-12/h3-9H,10H2,1-2H3,(H,17,18). The molecule has 0 atom stereocenters. The van der Waals surface area contributed by atoms with Gasteiger partial charge < -0.3 is 9.42 Å². The van der Waals surface area contributed by atoms with E-state index in [0.29, 0.717) is 17.8 Å². The van der Waals surface area contributed by atoms with E-state index in [1.807, 2.05) is 43.3 Å². The lowest BCUT2D eigenvalue weighted by Gasteiger charge is -2.15. The number of hydrogen-bond acceptors (Lipinski definition) is 4. The summed E-state index contributed by atoms with van der Waals surface area (Å²) in [5.74, 6) is 0.609. The van der Waals surface area contributed by atoms with Gasteiger partial charge in [-0.25, -0.2) is 0 Å². The Hall–Kier alpha value is -2.89. The maximum atomic E-state index is 12.6. The average Bonchev–Trinajstić information content (AvgIpc) is 3.16. The lowest BCUT2D eigenvalue weighted by atomic mass is 10.1. The van der Waals surface area contributed by atoms with Crippen molar-refractivity contribution in [2.45, 2.75) is 13.5 Å². The van der Waals surface area contributed by atoms with Gasteiger partial charge >= 0.3 is 0 Å². The van der Waals surface area contributed by atoms with Crippen LogP contribution in [0.25, 0.3) is 11.3 Å². The van der Waals surface area contributed by atoms with Crippen LogP contribution in [0.2, 0.25) is 0 Å². The first kappa shape index (κ1) is 14.1. The van der Waals surface area contributed by atoms with Crippen LogP contribution in [0.1, 0.15) is 21.8 Å². The van der Waals surface area contributed by atoms with E-state index in [1.54, 1.807) is 18.1 Å². The molecular weight excluding hydrogens is 280 g/mol. The second-order valence-corrected chi connectivity index (χ2v) is 5.11. The fourth-order valence-electron chi connectivity index (χ4n) is 2.29. The predicted molar refractivity (Wildman–Crippen MR) is 81.1 cm³/mol. The van der Waals surface area contributed by atoms with Crippen LogP contribution in [0.4, 0.5) is 0 Å². The average molecular weight is 296 g/mol. The monoisotopic (exact) mass is 296 g/mol. The van der Waals surface area contributed by atoms with Gasteiger partial charge in [0, 0.05) is 18.7 Å². The Morgan fingerprint density at radius 3 is 2.77 bits per heavy atom. The molecule has 0 aliphatic heterocycles. The Bertz CT molecular complexity index is 776. The SMILES string of the molecule is Cc1cc(CN(C)C(=O)c2cn[nH]c2-c2ccccc2)no1. The van der Waals surface area contributed by atoms with Gasteiger partial charge in [-0.15, -0.1) is 0 Å². The molecule has 0 saturated carbocycles. The van der Waals surface area contributed by atoms with Crippen molar-refractivity contribution in [3.8, 4) is 11.3 Å². The molecular formula is C16H16N4O2. The molecule has 0 bridgehead atoms. The van der Waals surface area contributed by atoms with E-state index in [4.69, 9.17) is 4.52 Å².